The third kappa shape index (κ3) is 1.65. The van der Waals surface area contributed by atoms with Crippen LogP contribution < -0.4 is 5.56 Å². The summed E-state index contributed by atoms with van der Waals surface area (Å²) in [5, 5.41) is 0.838. The van der Waals surface area contributed by atoms with Gasteiger partial charge in [-0.25, -0.2) is 0 Å². The van der Waals surface area contributed by atoms with E-state index in [-0.39, 0.29) is 5.56 Å². The number of aryl methyl sites for hydroxylation is 1. The molecule has 1 heterocycles. The van der Waals surface area contributed by atoms with Crippen molar-refractivity contribution in [3.8, 4) is 0 Å². The van der Waals surface area contributed by atoms with Crippen LogP contribution in [0.4, 0.5) is 0 Å². The molecule has 3 heteroatoms. The van der Waals surface area contributed by atoms with Crippen LogP contribution in [0.1, 0.15) is 23.7 Å². The predicted octanol–water partition coefficient (Wildman–Crippen LogP) is 2.22. The van der Waals surface area contributed by atoms with Crippen LogP contribution in [-0.2, 0) is 6.54 Å². The van der Waals surface area contributed by atoms with Gasteiger partial charge in [-0.3, -0.25) is 9.59 Å². The maximum absolute atomic E-state index is 11.8. The lowest BCUT2D eigenvalue weighted by Crippen LogP contribution is -2.20. The van der Waals surface area contributed by atoms with E-state index in [1.165, 1.54) is 6.07 Å². The molecule has 0 saturated heterocycles. The molecule has 0 saturated carbocycles. The minimum absolute atomic E-state index is 0.109. The number of nitrogens with zero attached hydrogens (tertiary/aromatic N) is 1. The number of fused-ring (bicyclic) bond motifs is 1. The molecule has 82 valence electrons. The summed E-state index contributed by atoms with van der Waals surface area (Å²) in [6.07, 6.45) is 1.63. The van der Waals surface area contributed by atoms with Gasteiger partial charge in [0.05, 0.1) is 5.52 Å². The monoisotopic (exact) mass is 215 g/mol. The lowest BCUT2D eigenvalue weighted by Gasteiger charge is -2.09. The van der Waals surface area contributed by atoms with Crippen molar-refractivity contribution in [1.29, 1.82) is 0 Å². The van der Waals surface area contributed by atoms with Crippen LogP contribution in [0.25, 0.3) is 10.9 Å². The number of pyridine rings is 1. The molecular weight excluding hydrogens is 202 g/mol. The Morgan fingerprint density at radius 2 is 2.06 bits per heavy atom. The quantitative estimate of drug-likeness (QED) is 0.736. The Bertz CT molecular complexity index is 584. The minimum Gasteiger partial charge on any atom is -0.308 e. The standard InChI is InChI=1S/C13H13NO2/c1-2-7-14-12-6-4-3-5-11(12)10(9-15)8-13(14)16/h3-6,8-9H,2,7H2,1H3. The molecule has 1 aromatic heterocycles. The molecule has 2 aromatic rings. The summed E-state index contributed by atoms with van der Waals surface area (Å²) >= 11 is 0. The second-order valence-electron chi connectivity index (χ2n) is 3.72. The Balaban J connectivity index is 2.86. The highest BCUT2D eigenvalue weighted by molar-refractivity contribution is 5.96. The molecule has 16 heavy (non-hydrogen) atoms. The summed E-state index contributed by atoms with van der Waals surface area (Å²) < 4.78 is 1.71. The van der Waals surface area contributed by atoms with Gasteiger partial charge in [0, 0.05) is 23.6 Å². The Hall–Kier alpha value is -1.90. The Morgan fingerprint density at radius 1 is 1.31 bits per heavy atom. The highest BCUT2D eigenvalue weighted by Gasteiger charge is 2.06. The molecular formula is C13H13NO2. The molecule has 3 nitrogen and oxygen atoms in total. The molecule has 0 atom stereocenters. The number of carbonyl (C=O) groups excluding carboxylic acids is 1. The van der Waals surface area contributed by atoms with Gasteiger partial charge in [0.15, 0.2) is 6.29 Å². The molecule has 1 aromatic carbocycles. The van der Waals surface area contributed by atoms with Crippen molar-refractivity contribution < 1.29 is 4.79 Å². The minimum atomic E-state index is -0.109. The average Bonchev–Trinajstić information content (AvgIpc) is 2.32. The Morgan fingerprint density at radius 3 is 2.75 bits per heavy atom. The van der Waals surface area contributed by atoms with Crippen molar-refractivity contribution in [2.24, 2.45) is 0 Å². The molecule has 0 fully saturated rings. The van der Waals surface area contributed by atoms with Gasteiger partial charge in [-0.2, -0.15) is 0 Å². The molecule has 0 aliphatic heterocycles. The van der Waals surface area contributed by atoms with E-state index >= 15 is 0 Å². The summed E-state index contributed by atoms with van der Waals surface area (Å²) in [4.78, 5) is 22.7. The molecule has 0 aliphatic rings. The fraction of sp³-hybridized carbons (Fsp3) is 0.231. The zero-order chi connectivity index (χ0) is 11.5. The summed E-state index contributed by atoms with van der Waals surface area (Å²) in [7, 11) is 0. The maximum Gasteiger partial charge on any atom is 0.251 e. The highest BCUT2D eigenvalue weighted by atomic mass is 16.1. The number of aldehydes is 1. The molecule has 0 radical (unpaired) electrons. The topological polar surface area (TPSA) is 39.1 Å². The fourth-order valence-electron chi connectivity index (χ4n) is 1.91. The van der Waals surface area contributed by atoms with Crippen LogP contribution in [0.2, 0.25) is 0 Å². The van der Waals surface area contributed by atoms with Crippen molar-refractivity contribution in [1.82, 2.24) is 4.57 Å². The number of carbonyl (C=O) groups is 1. The van der Waals surface area contributed by atoms with E-state index in [0.717, 1.165) is 23.6 Å². The summed E-state index contributed by atoms with van der Waals surface area (Å²) in [6, 6.07) is 8.90. The Labute approximate surface area is 93.3 Å². The molecule has 0 unspecified atom stereocenters. The SMILES string of the molecule is CCCn1c(=O)cc(C=O)c2ccccc21. The predicted molar refractivity (Wildman–Crippen MR) is 63.9 cm³/mol. The van der Waals surface area contributed by atoms with Crippen molar-refractivity contribution in [3.63, 3.8) is 0 Å². The number of hydrogen-bond acceptors (Lipinski definition) is 2. The zero-order valence-corrected chi connectivity index (χ0v) is 9.14. The number of para-hydroxylation sites is 1. The van der Waals surface area contributed by atoms with E-state index in [0.29, 0.717) is 12.1 Å². The number of rotatable bonds is 3. The number of benzene rings is 1. The van der Waals surface area contributed by atoms with Gasteiger partial charge in [-0.05, 0) is 12.5 Å². The highest BCUT2D eigenvalue weighted by Crippen LogP contribution is 2.15. The van der Waals surface area contributed by atoms with Gasteiger partial charge < -0.3 is 4.57 Å². The number of hydrogen-bond donors (Lipinski definition) is 0. The summed E-state index contributed by atoms with van der Waals surface area (Å²) in [6.45, 7) is 2.70. The lowest BCUT2D eigenvalue weighted by molar-refractivity contribution is 0.112. The van der Waals surface area contributed by atoms with Gasteiger partial charge in [0.1, 0.15) is 0 Å². The van der Waals surface area contributed by atoms with E-state index in [1.807, 2.05) is 31.2 Å². The molecule has 0 aliphatic carbocycles. The van der Waals surface area contributed by atoms with Crippen LogP contribution in [0.3, 0.4) is 0 Å². The second-order valence-corrected chi connectivity index (χ2v) is 3.72. The first kappa shape index (κ1) is 10.6. The van der Waals surface area contributed by atoms with Crippen LogP contribution >= 0.6 is 0 Å². The third-order valence-corrected chi connectivity index (χ3v) is 2.63. The average molecular weight is 215 g/mol. The van der Waals surface area contributed by atoms with Crippen molar-refractivity contribution >= 4 is 17.2 Å². The lowest BCUT2D eigenvalue weighted by atomic mass is 10.1. The van der Waals surface area contributed by atoms with Crippen molar-refractivity contribution in [2.75, 3.05) is 0 Å². The first-order chi connectivity index (χ1) is 7.77. The van der Waals surface area contributed by atoms with Gasteiger partial charge in [0.25, 0.3) is 5.56 Å². The summed E-state index contributed by atoms with van der Waals surface area (Å²) in [5.74, 6) is 0. The van der Waals surface area contributed by atoms with Crippen LogP contribution in [0, 0.1) is 0 Å². The summed E-state index contributed by atoms with van der Waals surface area (Å²) in [5.41, 5.74) is 1.19. The molecule has 0 spiro atoms. The van der Waals surface area contributed by atoms with Crippen LogP contribution in [-0.4, -0.2) is 10.9 Å². The van der Waals surface area contributed by atoms with E-state index in [2.05, 4.69) is 0 Å². The van der Waals surface area contributed by atoms with E-state index in [9.17, 15) is 9.59 Å². The van der Waals surface area contributed by atoms with Crippen LogP contribution in [0.5, 0.6) is 0 Å². The molecule has 0 bridgehead atoms. The van der Waals surface area contributed by atoms with E-state index in [4.69, 9.17) is 0 Å². The van der Waals surface area contributed by atoms with E-state index in [1.54, 1.807) is 4.57 Å². The largest absolute Gasteiger partial charge is 0.308 e. The van der Waals surface area contributed by atoms with Gasteiger partial charge in [-0.1, -0.05) is 25.1 Å². The molecule has 2 rings (SSSR count). The zero-order valence-electron chi connectivity index (χ0n) is 9.14. The molecule has 0 N–H and O–H groups in total. The van der Waals surface area contributed by atoms with Crippen molar-refractivity contribution in [3.05, 3.63) is 46.2 Å². The molecule has 0 amide bonds. The number of aromatic nitrogens is 1. The van der Waals surface area contributed by atoms with Crippen molar-refractivity contribution in [2.45, 2.75) is 19.9 Å². The van der Waals surface area contributed by atoms with Gasteiger partial charge in [0.2, 0.25) is 0 Å². The van der Waals surface area contributed by atoms with E-state index < -0.39 is 0 Å². The fourth-order valence-corrected chi connectivity index (χ4v) is 1.91. The van der Waals surface area contributed by atoms with Gasteiger partial charge >= 0.3 is 0 Å². The van der Waals surface area contributed by atoms with Gasteiger partial charge in [-0.15, -0.1) is 0 Å². The smallest absolute Gasteiger partial charge is 0.251 e. The second kappa shape index (κ2) is 4.31. The first-order valence-corrected chi connectivity index (χ1v) is 5.35. The third-order valence-electron chi connectivity index (χ3n) is 2.63. The maximum atomic E-state index is 11.8. The normalized spacial score (nSPS) is 10.6. The Kier molecular flexibility index (Phi) is 2.86. The van der Waals surface area contributed by atoms with Crippen LogP contribution in [0.15, 0.2) is 35.1 Å². The first-order valence-electron chi connectivity index (χ1n) is 5.35.